The van der Waals surface area contributed by atoms with Crippen molar-refractivity contribution in [3.63, 3.8) is 0 Å². The van der Waals surface area contributed by atoms with Crippen LogP contribution < -0.4 is 5.32 Å². The van der Waals surface area contributed by atoms with E-state index in [-0.39, 0.29) is 0 Å². The Kier molecular flexibility index (Phi) is 7.32. The number of alkyl carbamates (subject to hydrolysis) is 1. The van der Waals surface area contributed by atoms with Crippen molar-refractivity contribution in [3.8, 4) is 0 Å². The Hall–Kier alpha value is -2.14. The second kappa shape index (κ2) is 9.00. The molecule has 0 aliphatic rings. The molecule has 0 aliphatic heterocycles. The van der Waals surface area contributed by atoms with Gasteiger partial charge in [0.05, 0.1) is 0 Å². The third-order valence-corrected chi connectivity index (χ3v) is 3.29. The number of carbonyl (C=O) groups is 2. The van der Waals surface area contributed by atoms with Gasteiger partial charge < -0.3 is 14.8 Å². The lowest BCUT2D eigenvalue weighted by atomic mass is 10.0. The molecule has 1 atom stereocenters. The van der Waals surface area contributed by atoms with Crippen LogP contribution in [-0.2, 0) is 20.7 Å². The summed E-state index contributed by atoms with van der Waals surface area (Å²) >= 11 is 0. The average Bonchev–Trinajstić information content (AvgIpc) is 2.49. The summed E-state index contributed by atoms with van der Waals surface area (Å²) in [6, 6.07) is 6.22. The van der Waals surface area contributed by atoms with Crippen LogP contribution in [0.25, 0.3) is 0 Å². The summed E-state index contributed by atoms with van der Waals surface area (Å²) in [6.45, 7) is 6.20. The minimum absolute atomic E-state index is 0.440. The van der Waals surface area contributed by atoms with E-state index in [2.05, 4.69) is 31.3 Å². The normalized spacial score (nSPS) is 12.6. The molecule has 1 rings (SSSR count). The zero-order valence-corrected chi connectivity index (χ0v) is 13.5. The fraction of sp³-hybridized carbons (Fsp3) is 0.412. The van der Waals surface area contributed by atoms with E-state index in [4.69, 9.17) is 9.47 Å². The van der Waals surface area contributed by atoms with Crippen LogP contribution in [0.15, 0.2) is 29.8 Å². The smallest absolute Gasteiger partial charge is 0.409 e. The first kappa shape index (κ1) is 17.9. The lowest BCUT2D eigenvalue weighted by Crippen LogP contribution is -2.30. The van der Waals surface area contributed by atoms with Gasteiger partial charge in [0.25, 0.3) is 0 Å². The first-order chi connectivity index (χ1) is 10.5. The van der Waals surface area contributed by atoms with Gasteiger partial charge in [0.1, 0.15) is 6.29 Å². The van der Waals surface area contributed by atoms with Gasteiger partial charge in [-0.05, 0) is 55.5 Å². The Morgan fingerprint density at radius 2 is 2.05 bits per heavy atom. The number of hydrogen-bond acceptors (Lipinski definition) is 4. The van der Waals surface area contributed by atoms with Crippen LogP contribution in [0.3, 0.4) is 0 Å². The quantitative estimate of drug-likeness (QED) is 0.478. The first-order valence-corrected chi connectivity index (χ1v) is 7.13. The van der Waals surface area contributed by atoms with Crippen LogP contribution in [-0.4, -0.2) is 32.3 Å². The third kappa shape index (κ3) is 6.10. The molecule has 5 heteroatoms. The number of rotatable bonds is 7. The number of allylic oxidation sites excluding steroid dienone is 1. The molecule has 0 saturated heterocycles. The van der Waals surface area contributed by atoms with E-state index >= 15 is 0 Å². The van der Waals surface area contributed by atoms with Gasteiger partial charge in [-0.3, -0.25) is 4.79 Å². The molecule has 0 fully saturated rings. The Labute approximate surface area is 131 Å². The van der Waals surface area contributed by atoms with Crippen molar-refractivity contribution in [1.29, 1.82) is 0 Å². The molecular formula is C17H23NO4. The highest BCUT2D eigenvalue weighted by Crippen LogP contribution is 2.10. The Morgan fingerprint density at radius 3 is 2.64 bits per heavy atom. The van der Waals surface area contributed by atoms with Crippen molar-refractivity contribution in [2.45, 2.75) is 33.5 Å². The molecule has 0 heterocycles. The van der Waals surface area contributed by atoms with E-state index in [0.29, 0.717) is 18.4 Å². The van der Waals surface area contributed by atoms with E-state index in [1.807, 2.05) is 6.07 Å². The standard InChI is InChI=1S/C17H23NO4/c1-12(11-19)9-16(21-4)22-17(20)18-8-7-15-6-5-13(2)14(3)10-15/h5-6,9-11,16H,7-8H2,1-4H3,(H,18,20)/b12-9-. The van der Waals surface area contributed by atoms with Crippen LogP contribution in [0.4, 0.5) is 4.79 Å². The monoisotopic (exact) mass is 305 g/mol. The molecule has 1 unspecified atom stereocenters. The van der Waals surface area contributed by atoms with Gasteiger partial charge in [0.2, 0.25) is 6.29 Å². The lowest BCUT2D eigenvalue weighted by Gasteiger charge is -2.13. The molecule has 0 saturated carbocycles. The molecule has 120 valence electrons. The van der Waals surface area contributed by atoms with Gasteiger partial charge in [-0.25, -0.2) is 4.79 Å². The van der Waals surface area contributed by atoms with Crippen LogP contribution in [0.1, 0.15) is 23.6 Å². The zero-order chi connectivity index (χ0) is 16.5. The van der Waals surface area contributed by atoms with Gasteiger partial charge in [-0.2, -0.15) is 0 Å². The molecule has 1 aromatic rings. The molecule has 22 heavy (non-hydrogen) atoms. The highest BCUT2D eigenvalue weighted by atomic mass is 16.7. The zero-order valence-electron chi connectivity index (χ0n) is 13.5. The van der Waals surface area contributed by atoms with Crippen molar-refractivity contribution in [2.75, 3.05) is 13.7 Å². The Morgan fingerprint density at radius 1 is 1.32 bits per heavy atom. The van der Waals surface area contributed by atoms with E-state index in [0.717, 1.165) is 12.0 Å². The minimum Gasteiger partial charge on any atom is -0.416 e. The van der Waals surface area contributed by atoms with Crippen LogP contribution in [0, 0.1) is 13.8 Å². The summed E-state index contributed by atoms with van der Waals surface area (Å²) in [6.07, 6.45) is 1.39. The molecule has 0 aliphatic carbocycles. The average molecular weight is 305 g/mol. The van der Waals surface area contributed by atoms with Crippen LogP contribution in [0.2, 0.25) is 0 Å². The summed E-state index contributed by atoms with van der Waals surface area (Å²) in [4.78, 5) is 22.2. The second-order valence-electron chi connectivity index (χ2n) is 5.13. The SMILES string of the molecule is COC(/C=C(/C)C=O)OC(=O)NCCc1ccc(C)c(C)c1. The van der Waals surface area contributed by atoms with E-state index in [1.165, 1.54) is 24.3 Å². The maximum atomic E-state index is 11.7. The summed E-state index contributed by atoms with van der Waals surface area (Å²) < 4.78 is 10.0. The predicted molar refractivity (Wildman–Crippen MR) is 84.7 cm³/mol. The third-order valence-electron chi connectivity index (χ3n) is 3.29. The number of ether oxygens (including phenoxy) is 2. The molecule has 1 N–H and O–H groups in total. The molecule has 0 radical (unpaired) electrons. The summed E-state index contributed by atoms with van der Waals surface area (Å²) in [7, 11) is 1.40. The fourth-order valence-electron chi connectivity index (χ4n) is 1.82. The van der Waals surface area contributed by atoms with Gasteiger partial charge in [-0.15, -0.1) is 0 Å². The molecule has 0 aromatic heterocycles. The number of aldehydes is 1. The van der Waals surface area contributed by atoms with E-state index in [9.17, 15) is 9.59 Å². The van der Waals surface area contributed by atoms with Crippen LogP contribution in [0.5, 0.6) is 0 Å². The predicted octanol–water partition coefficient (Wildman–Crippen LogP) is 2.69. The maximum Gasteiger partial charge on any atom is 0.409 e. The number of aryl methyl sites for hydroxylation is 2. The van der Waals surface area contributed by atoms with Crippen molar-refractivity contribution in [2.24, 2.45) is 0 Å². The van der Waals surface area contributed by atoms with Gasteiger partial charge in [-0.1, -0.05) is 18.2 Å². The highest BCUT2D eigenvalue weighted by Gasteiger charge is 2.10. The highest BCUT2D eigenvalue weighted by molar-refractivity contribution is 5.72. The number of nitrogens with one attached hydrogen (secondary N) is 1. The molecule has 1 amide bonds. The Balaban J connectivity index is 2.42. The van der Waals surface area contributed by atoms with Crippen molar-refractivity contribution in [3.05, 3.63) is 46.5 Å². The van der Waals surface area contributed by atoms with Crippen LogP contribution >= 0.6 is 0 Å². The topological polar surface area (TPSA) is 64.6 Å². The van der Waals surface area contributed by atoms with Crippen molar-refractivity contribution in [1.82, 2.24) is 5.32 Å². The van der Waals surface area contributed by atoms with E-state index < -0.39 is 12.4 Å². The van der Waals surface area contributed by atoms with Gasteiger partial charge in [0, 0.05) is 13.7 Å². The molecule has 0 spiro atoms. The largest absolute Gasteiger partial charge is 0.416 e. The van der Waals surface area contributed by atoms with Crippen molar-refractivity contribution >= 4 is 12.4 Å². The second-order valence-corrected chi connectivity index (χ2v) is 5.13. The minimum atomic E-state index is -0.869. The number of methoxy groups -OCH3 is 1. The Bertz CT molecular complexity index is 552. The van der Waals surface area contributed by atoms with Crippen molar-refractivity contribution < 1.29 is 19.1 Å². The summed E-state index contributed by atoms with van der Waals surface area (Å²) in [5.74, 6) is 0. The van der Waals surface area contributed by atoms with Gasteiger partial charge in [0.15, 0.2) is 0 Å². The molecule has 0 bridgehead atoms. The van der Waals surface area contributed by atoms with E-state index in [1.54, 1.807) is 6.92 Å². The summed E-state index contributed by atoms with van der Waals surface area (Å²) in [5.41, 5.74) is 4.07. The number of amides is 1. The lowest BCUT2D eigenvalue weighted by molar-refractivity contribution is -0.105. The van der Waals surface area contributed by atoms with Gasteiger partial charge >= 0.3 is 6.09 Å². The molecule has 1 aromatic carbocycles. The number of carbonyl (C=O) groups excluding carboxylic acids is 2. The molecule has 5 nitrogen and oxygen atoms in total. The number of hydrogen-bond donors (Lipinski definition) is 1. The fourth-order valence-corrected chi connectivity index (χ4v) is 1.82. The summed E-state index contributed by atoms with van der Waals surface area (Å²) in [5, 5.41) is 2.66. The molecular weight excluding hydrogens is 282 g/mol. The number of benzene rings is 1. The maximum absolute atomic E-state index is 11.7. The first-order valence-electron chi connectivity index (χ1n) is 7.13.